The lowest BCUT2D eigenvalue weighted by molar-refractivity contribution is -0.168. The number of esters is 2. The van der Waals surface area contributed by atoms with Gasteiger partial charge in [-0.1, -0.05) is 5.92 Å². The van der Waals surface area contributed by atoms with Crippen molar-refractivity contribution in [1.29, 1.82) is 0 Å². The fourth-order valence-electron chi connectivity index (χ4n) is 0.433. The third-order valence-corrected chi connectivity index (χ3v) is 0.961. The van der Waals surface area contributed by atoms with Crippen molar-refractivity contribution in [1.82, 2.24) is 0 Å². The number of carbonyl (C=O) groups excluding carboxylic acids is 2. The van der Waals surface area contributed by atoms with Gasteiger partial charge in [0.15, 0.2) is 6.10 Å². The van der Waals surface area contributed by atoms with Crippen molar-refractivity contribution in [2.75, 3.05) is 6.61 Å². The normalized spacial score (nSPS) is 11.1. The minimum absolute atomic E-state index is 0.137. The molecule has 0 aliphatic carbocycles. The molecule has 4 nitrogen and oxygen atoms in total. The van der Waals surface area contributed by atoms with Crippen LogP contribution in [0.15, 0.2) is 0 Å². The molecule has 0 fully saturated rings. The van der Waals surface area contributed by atoms with Crippen LogP contribution in [0.5, 0.6) is 0 Å². The van der Waals surface area contributed by atoms with Crippen LogP contribution in [0.25, 0.3) is 0 Å². The van der Waals surface area contributed by atoms with E-state index in [2.05, 4.69) is 15.4 Å². The molecule has 1 unspecified atom stereocenters. The van der Waals surface area contributed by atoms with Crippen molar-refractivity contribution >= 4 is 11.9 Å². The van der Waals surface area contributed by atoms with Crippen LogP contribution >= 0.6 is 0 Å². The molecular weight excluding hydrogens is 160 g/mol. The number of rotatable bonds is 2. The Bertz CT molecular complexity index is 214. The van der Waals surface area contributed by atoms with Crippen LogP contribution < -0.4 is 0 Å². The number of hydrogen-bond acceptors (Lipinski definition) is 4. The summed E-state index contributed by atoms with van der Waals surface area (Å²) < 4.78 is 8.83. The van der Waals surface area contributed by atoms with Gasteiger partial charge in [-0.25, -0.2) is 9.59 Å². The zero-order valence-electron chi connectivity index (χ0n) is 6.99. The second-order valence-corrected chi connectivity index (χ2v) is 1.93. The summed E-state index contributed by atoms with van der Waals surface area (Å²) in [4.78, 5) is 21.3. The smallest absolute Gasteiger partial charge is 0.418 e. The molecule has 0 aliphatic rings. The predicted octanol–water partition coefficient (Wildman–Crippen LogP) is 0.114. The molecule has 66 valence electrons. The highest BCUT2D eigenvalue weighted by Gasteiger charge is 2.18. The van der Waals surface area contributed by atoms with Crippen LogP contribution in [0.4, 0.5) is 0 Å². The molecule has 0 spiro atoms. The van der Waals surface area contributed by atoms with Gasteiger partial charge in [0.1, 0.15) is 0 Å². The first kappa shape index (κ1) is 10.5. The molecule has 4 heteroatoms. The zero-order valence-corrected chi connectivity index (χ0v) is 6.99. The Morgan fingerprint density at radius 1 is 1.50 bits per heavy atom. The SMILES string of the molecule is C#CC(C)OC(=O)C(=O)OCC. The van der Waals surface area contributed by atoms with Crippen molar-refractivity contribution in [2.24, 2.45) is 0 Å². The van der Waals surface area contributed by atoms with E-state index < -0.39 is 18.0 Å². The van der Waals surface area contributed by atoms with Gasteiger partial charge in [0, 0.05) is 0 Å². The third-order valence-electron chi connectivity index (χ3n) is 0.961. The Balaban J connectivity index is 3.89. The first-order valence-electron chi connectivity index (χ1n) is 3.45. The van der Waals surface area contributed by atoms with Crippen LogP contribution in [0.1, 0.15) is 13.8 Å². The number of carbonyl (C=O) groups is 2. The topological polar surface area (TPSA) is 52.6 Å². The monoisotopic (exact) mass is 170 g/mol. The van der Waals surface area contributed by atoms with Gasteiger partial charge in [-0.2, -0.15) is 0 Å². The van der Waals surface area contributed by atoms with E-state index in [1.54, 1.807) is 6.92 Å². The highest BCUT2D eigenvalue weighted by Crippen LogP contribution is 1.91. The van der Waals surface area contributed by atoms with Crippen molar-refractivity contribution < 1.29 is 19.1 Å². The Hall–Kier alpha value is -1.50. The van der Waals surface area contributed by atoms with Gasteiger partial charge in [-0.15, -0.1) is 6.42 Å². The highest BCUT2D eigenvalue weighted by molar-refractivity contribution is 6.29. The molecule has 0 bridgehead atoms. The largest absolute Gasteiger partial charge is 0.458 e. The minimum Gasteiger partial charge on any atom is -0.458 e. The summed E-state index contributed by atoms with van der Waals surface area (Å²) in [6.45, 7) is 3.21. The lowest BCUT2D eigenvalue weighted by Crippen LogP contribution is -2.23. The summed E-state index contributed by atoms with van der Waals surface area (Å²) in [6, 6.07) is 0. The van der Waals surface area contributed by atoms with Crippen LogP contribution in [0, 0.1) is 12.3 Å². The van der Waals surface area contributed by atoms with Crippen LogP contribution in [-0.4, -0.2) is 24.6 Å². The van der Waals surface area contributed by atoms with E-state index in [0.717, 1.165) is 0 Å². The number of terminal acetylenes is 1. The van der Waals surface area contributed by atoms with E-state index in [1.165, 1.54) is 6.92 Å². The second-order valence-electron chi connectivity index (χ2n) is 1.93. The summed E-state index contributed by atoms with van der Waals surface area (Å²) in [5, 5.41) is 0. The molecule has 0 heterocycles. The third kappa shape index (κ3) is 3.62. The zero-order chi connectivity index (χ0) is 9.56. The van der Waals surface area contributed by atoms with Gasteiger partial charge in [0.05, 0.1) is 6.61 Å². The molecule has 1 atom stereocenters. The summed E-state index contributed by atoms with van der Waals surface area (Å²) in [7, 11) is 0. The van der Waals surface area contributed by atoms with Crippen LogP contribution in [-0.2, 0) is 19.1 Å². The van der Waals surface area contributed by atoms with Gasteiger partial charge in [0.2, 0.25) is 0 Å². The summed E-state index contributed by atoms with van der Waals surface area (Å²) in [6.07, 6.45) is 4.21. The lowest BCUT2D eigenvalue weighted by Gasteiger charge is -2.05. The molecule has 0 aromatic heterocycles. The maximum atomic E-state index is 10.7. The molecule has 0 saturated carbocycles. The summed E-state index contributed by atoms with van der Waals surface area (Å²) in [5.41, 5.74) is 0. The summed E-state index contributed by atoms with van der Waals surface area (Å²) in [5.74, 6) is 0.0743. The highest BCUT2D eigenvalue weighted by atomic mass is 16.6. The molecule has 0 aliphatic heterocycles. The maximum absolute atomic E-state index is 10.7. The maximum Gasteiger partial charge on any atom is 0.418 e. The Kier molecular flexibility index (Phi) is 4.54. The first-order chi connectivity index (χ1) is 5.61. The number of hydrogen-bond donors (Lipinski definition) is 0. The van der Waals surface area contributed by atoms with Gasteiger partial charge in [-0.05, 0) is 13.8 Å². The van der Waals surface area contributed by atoms with Gasteiger partial charge >= 0.3 is 11.9 Å². The van der Waals surface area contributed by atoms with E-state index in [1.807, 2.05) is 0 Å². The molecule has 12 heavy (non-hydrogen) atoms. The molecule has 0 amide bonds. The van der Waals surface area contributed by atoms with E-state index in [-0.39, 0.29) is 6.61 Å². The Morgan fingerprint density at radius 3 is 2.50 bits per heavy atom. The van der Waals surface area contributed by atoms with Crippen molar-refractivity contribution in [3.63, 3.8) is 0 Å². The molecular formula is C8H10O4. The standard InChI is InChI=1S/C8H10O4/c1-4-6(3)12-8(10)7(9)11-5-2/h1,6H,5H2,2-3H3. The fourth-order valence-corrected chi connectivity index (χ4v) is 0.433. The average molecular weight is 170 g/mol. The van der Waals surface area contributed by atoms with Gasteiger partial charge < -0.3 is 9.47 Å². The van der Waals surface area contributed by atoms with Gasteiger partial charge in [0.25, 0.3) is 0 Å². The molecule has 0 rings (SSSR count). The second kappa shape index (κ2) is 5.19. The Morgan fingerprint density at radius 2 is 2.08 bits per heavy atom. The van der Waals surface area contributed by atoms with Crippen molar-refractivity contribution in [3.8, 4) is 12.3 Å². The van der Waals surface area contributed by atoms with Crippen LogP contribution in [0.3, 0.4) is 0 Å². The summed E-state index contributed by atoms with van der Waals surface area (Å²) >= 11 is 0. The fraction of sp³-hybridized carbons (Fsp3) is 0.500. The molecule has 0 radical (unpaired) electrons. The van der Waals surface area contributed by atoms with Crippen molar-refractivity contribution in [3.05, 3.63) is 0 Å². The lowest BCUT2D eigenvalue weighted by atomic mass is 10.4. The number of ether oxygens (including phenoxy) is 2. The van der Waals surface area contributed by atoms with Crippen LogP contribution in [0.2, 0.25) is 0 Å². The molecule has 0 saturated heterocycles. The first-order valence-corrected chi connectivity index (χ1v) is 3.45. The minimum atomic E-state index is -1.05. The predicted molar refractivity (Wildman–Crippen MR) is 41.0 cm³/mol. The van der Waals surface area contributed by atoms with Crippen molar-refractivity contribution in [2.45, 2.75) is 20.0 Å². The molecule has 0 N–H and O–H groups in total. The molecule has 0 aromatic rings. The van der Waals surface area contributed by atoms with E-state index >= 15 is 0 Å². The molecule has 0 aromatic carbocycles. The van der Waals surface area contributed by atoms with E-state index in [9.17, 15) is 9.59 Å². The quantitative estimate of drug-likeness (QED) is 0.335. The van der Waals surface area contributed by atoms with E-state index in [4.69, 9.17) is 6.42 Å². The Labute approximate surface area is 70.8 Å². The van der Waals surface area contributed by atoms with E-state index in [0.29, 0.717) is 0 Å². The van der Waals surface area contributed by atoms with Gasteiger partial charge in [-0.3, -0.25) is 0 Å². The average Bonchev–Trinajstić information content (AvgIpc) is 2.04.